The third kappa shape index (κ3) is 2.30. The number of nitrogens with one attached hydrogen (secondary N) is 1. The maximum Gasteiger partial charge on any atom is 0.440 e. The number of nitro groups is 1. The summed E-state index contributed by atoms with van der Waals surface area (Å²) in [5.74, 6) is -0.836. The molecule has 0 aliphatic carbocycles. The molecule has 8 nitrogen and oxygen atoms in total. The number of benzene rings is 1. The van der Waals surface area contributed by atoms with E-state index < -0.39 is 16.4 Å². The molecule has 17 heavy (non-hydrogen) atoms. The lowest BCUT2D eigenvalue weighted by Gasteiger charge is -1.98. The second kappa shape index (κ2) is 4.08. The van der Waals surface area contributed by atoms with Crippen LogP contribution in [0.2, 0.25) is 0 Å². The van der Waals surface area contributed by atoms with E-state index in [0.717, 1.165) is 4.74 Å². The Morgan fingerprint density at radius 3 is 2.41 bits per heavy atom. The molecular formula is C9H7N3O5. The predicted molar refractivity (Wildman–Crippen MR) is 55.8 cm³/mol. The standard InChI is InChI=1S/C9H7N3O5/c13-8-10-9(14)17-11(8)5-6-1-3-7(4-2-6)12(15)16/h1-4H,5H2,(H,10,13,14). The third-order valence-electron chi connectivity index (χ3n) is 2.10. The van der Waals surface area contributed by atoms with Crippen molar-refractivity contribution in [3.63, 3.8) is 0 Å². The summed E-state index contributed by atoms with van der Waals surface area (Å²) < 4.78 is 5.39. The summed E-state index contributed by atoms with van der Waals surface area (Å²) in [7, 11) is 0. The molecule has 0 fully saturated rings. The molecule has 0 saturated heterocycles. The topological polar surface area (TPSA) is 111 Å². The zero-order chi connectivity index (χ0) is 12.4. The van der Waals surface area contributed by atoms with Crippen molar-refractivity contribution in [3.8, 4) is 0 Å². The molecule has 0 saturated carbocycles. The zero-order valence-electron chi connectivity index (χ0n) is 8.45. The highest BCUT2D eigenvalue weighted by Gasteiger charge is 2.07. The minimum absolute atomic E-state index is 0.0373. The largest absolute Gasteiger partial charge is 0.440 e. The van der Waals surface area contributed by atoms with Crippen LogP contribution in [0, 0.1) is 10.1 Å². The second-order valence-corrected chi connectivity index (χ2v) is 3.27. The maximum absolute atomic E-state index is 11.1. The lowest BCUT2D eigenvalue weighted by Crippen LogP contribution is -2.17. The lowest BCUT2D eigenvalue weighted by atomic mass is 10.2. The molecule has 1 N–H and O–H groups in total. The van der Waals surface area contributed by atoms with Crippen LogP contribution in [0.1, 0.15) is 5.56 Å². The van der Waals surface area contributed by atoms with Crippen LogP contribution in [0.5, 0.6) is 0 Å². The number of nitrogens with zero attached hydrogens (tertiary/aromatic N) is 2. The molecular weight excluding hydrogens is 230 g/mol. The molecule has 1 aromatic heterocycles. The van der Waals surface area contributed by atoms with Crippen molar-refractivity contribution in [2.45, 2.75) is 6.54 Å². The first kappa shape index (κ1) is 10.9. The van der Waals surface area contributed by atoms with Gasteiger partial charge in [0.2, 0.25) is 0 Å². The van der Waals surface area contributed by atoms with E-state index in [0.29, 0.717) is 5.56 Å². The molecule has 88 valence electrons. The summed E-state index contributed by atoms with van der Waals surface area (Å²) >= 11 is 0. The van der Waals surface area contributed by atoms with Gasteiger partial charge in [-0.3, -0.25) is 10.1 Å². The van der Waals surface area contributed by atoms with Gasteiger partial charge in [-0.25, -0.2) is 14.6 Å². The van der Waals surface area contributed by atoms with Crippen LogP contribution in [-0.4, -0.2) is 14.6 Å². The van der Waals surface area contributed by atoms with E-state index in [1.807, 2.05) is 4.98 Å². The second-order valence-electron chi connectivity index (χ2n) is 3.27. The Hall–Kier alpha value is -2.64. The number of aromatic amines is 1. The number of H-pyrrole nitrogens is 1. The van der Waals surface area contributed by atoms with Crippen molar-refractivity contribution < 1.29 is 9.45 Å². The molecule has 2 aromatic rings. The number of hydrogen-bond donors (Lipinski definition) is 1. The first-order valence-corrected chi connectivity index (χ1v) is 4.60. The number of non-ortho nitro benzene ring substituents is 1. The average Bonchev–Trinajstić information content (AvgIpc) is 2.58. The van der Waals surface area contributed by atoms with Gasteiger partial charge in [-0.2, -0.15) is 0 Å². The van der Waals surface area contributed by atoms with Crippen LogP contribution in [0.15, 0.2) is 38.4 Å². The van der Waals surface area contributed by atoms with Gasteiger partial charge in [0, 0.05) is 12.1 Å². The van der Waals surface area contributed by atoms with Crippen molar-refractivity contribution >= 4 is 5.69 Å². The van der Waals surface area contributed by atoms with Gasteiger partial charge in [0.15, 0.2) is 0 Å². The molecule has 0 unspecified atom stereocenters. The zero-order valence-corrected chi connectivity index (χ0v) is 8.45. The molecule has 0 aliphatic heterocycles. The van der Waals surface area contributed by atoms with E-state index in [4.69, 9.17) is 0 Å². The van der Waals surface area contributed by atoms with Crippen molar-refractivity contribution in [2.24, 2.45) is 0 Å². The molecule has 0 radical (unpaired) electrons. The van der Waals surface area contributed by atoms with Gasteiger partial charge >= 0.3 is 11.4 Å². The molecule has 0 spiro atoms. The normalized spacial score (nSPS) is 10.4. The Bertz CT molecular complexity index is 648. The van der Waals surface area contributed by atoms with E-state index in [2.05, 4.69) is 4.52 Å². The fraction of sp³-hybridized carbons (Fsp3) is 0.111. The molecule has 0 amide bonds. The monoisotopic (exact) mass is 237 g/mol. The fourth-order valence-corrected chi connectivity index (χ4v) is 1.31. The Labute approximate surface area is 93.2 Å². The lowest BCUT2D eigenvalue weighted by molar-refractivity contribution is -0.384. The smallest absolute Gasteiger partial charge is 0.317 e. The van der Waals surface area contributed by atoms with Gasteiger partial charge in [0.05, 0.1) is 11.5 Å². The van der Waals surface area contributed by atoms with Crippen LogP contribution >= 0.6 is 0 Å². The van der Waals surface area contributed by atoms with Gasteiger partial charge in [-0.1, -0.05) is 12.1 Å². The van der Waals surface area contributed by atoms with Gasteiger partial charge in [0.1, 0.15) is 0 Å². The Kier molecular flexibility index (Phi) is 2.61. The summed E-state index contributed by atoms with van der Waals surface area (Å²) in [4.78, 5) is 33.7. The molecule has 2 rings (SSSR count). The van der Waals surface area contributed by atoms with E-state index >= 15 is 0 Å². The molecule has 0 aliphatic rings. The number of hydrogen-bond acceptors (Lipinski definition) is 5. The Balaban J connectivity index is 2.25. The van der Waals surface area contributed by atoms with Crippen molar-refractivity contribution in [1.82, 2.24) is 9.72 Å². The molecule has 1 aromatic carbocycles. The van der Waals surface area contributed by atoms with Gasteiger partial charge in [0.25, 0.3) is 5.69 Å². The van der Waals surface area contributed by atoms with Crippen molar-refractivity contribution in [3.05, 3.63) is 61.0 Å². The average molecular weight is 237 g/mol. The van der Waals surface area contributed by atoms with E-state index in [9.17, 15) is 19.7 Å². The number of nitro benzene ring substituents is 1. The molecule has 1 heterocycles. The summed E-state index contributed by atoms with van der Waals surface area (Å²) in [5.41, 5.74) is -0.0922. The maximum atomic E-state index is 11.1. The molecule has 0 bridgehead atoms. The number of rotatable bonds is 3. The van der Waals surface area contributed by atoms with Gasteiger partial charge in [-0.15, -0.1) is 4.74 Å². The number of aromatic nitrogens is 2. The summed E-state index contributed by atoms with van der Waals surface area (Å²) in [5, 5.41) is 10.4. The summed E-state index contributed by atoms with van der Waals surface area (Å²) in [6.45, 7) is 0.0373. The van der Waals surface area contributed by atoms with E-state index in [1.54, 1.807) is 0 Å². The van der Waals surface area contributed by atoms with Crippen LogP contribution in [0.3, 0.4) is 0 Å². The van der Waals surface area contributed by atoms with Crippen molar-refractivity contribution in [2.75, 3.05) is 0 Å². The molecule has 0 atom stereocenters. The first-order chi connectivity index (χ1) is 8.06. The van der Waals surface area contributed by atoms with Crippen LogP contribution in [0.4, 0.5) is 5.69 Å². The highest BCUT2D eigenvalue weighted by atomic mass is 16.6. The van der Waals surface area contributed by atoms with E-state index in [-0.39, 0.29) is 12.2 Å². The van der Waals surface area contributed by atoms with Gasteiger partial charge in [-0.05, 0) is 5.56 Å². The Morgan fingerprint density at radius 1 is 1.29 bits per heavy atom. The van der Waals surface area contributed by atoms with E-state index in [1.165, 1.54) is 24.3 Å². The minimum Gasteiger partial charge on any atom is -0.317 e. The first-order valence-electron chi connectivity index (χ1n) is 4.60. The van der Waals surface area contributed by atoms with Crippen molar-refractivity contribution in [1.29, 1.82) is 0 Å². The SMILES string of the molecule is O=c1[nH]c(=O)n(Cc2ccc([N+](=O)[O-])cc2)o1. The van der Waals surface area contributed by atoms with Crippen LogP contribution in [0.25, 0.3) is 0 Å². The molecule has 8 heteroatoms. The summed E-state index contributed by atoms with van der Waals surface area (Å²) in [6.07, 6.45) is 0. The summed E-state index contributed by atoms with van der Waals surface area (Å²) in [6, 6.07) is 5.59. The Morgan fingerprint density at radius 2 is 1.94 bits per heavy atom. The quantitative estimate of drug-likeness (QED) is 0.600. The van der Waals surface area contributed by atoms with Crippen LogP contribution < -0.4 is 11.4 Å². The van der Waals surface area contributed by atoms with Gasteiger partial charge < -0.3 is 4.52 Å². The highest BCUT2D eigenvalue weighted by molar-refractivity contribution is 5.32. The van der Waals surface area contributed by atoms with Crippen LogP contribution in [-0.2, 0) is 6.54 Å². The highest BCUT2D eigenvalue weighted by Crippen LogP contribution is 2.12. The fourth-order valence-electron chi connectivity index (χ4n) is 1.31. The minimum atomic E-state index is -0.836. The predicted octanol–water partition coefficient (Wildman–Crippen LogP) is 0.0861. The third-order valence-corrected chi connectivity index (χ3v) is 2.10.